The van der Waals surface area contributed by atoms with Crippen molar-refractivity contribution in [3.8, 4) is 0 Å². The second-order valence-corrected chi connectivity index (χ2v) is 7.60. The molecule has 2 aromatic heterocycles. The molecule has 4 aromatic rings. The Bertz CT molecular complexity index is 1360. The van der Waals surface area contributed by atoms with Crippen LogP contribution in [0.25, 0.3) is 5.65 Å². The van der Waals surface area contributed by atoms with E-state index in [0.717, 1.165) is 29.8 Å². The number of benzene rings is 2. The van der Waals surface area contributed by atoms with Crippen LogP contribution in [0.3, 0.4) is 0 Å². The molecule has 2 heterocycles. The van der Waals surface area contributed by atoms with Crippen molar-refractivity contribution in [2.45, 2.75) is 19.5 Å². The van der Waals surface area contributed by atoms with Crippen LogP contribution in [-0.2, 0) is 12.6 Å². The van der Waals surface area contributed by atoms with Gasteiger partial charge in [-0.15, -0.1) is 0 Å². The van der Waals surface area contributed by atoms with E-state index in [1.807, 2.05) is 12.1 Å². The van der Waals surface area contributed by atoms with E-state index in [2.05, 4.69) is 15.4 Å². The van der Waals surface area contributed by atoms with Crippen LogP contribution >= 0.6 is 11.6 Å². The molecule has 4 rings (SSSR count). The van der Waals surface area contributed by atoms with Crippen LogP contribution in [-0.4, -0.2) is 20.5 Å². The third-order valence-electron chi connectivity index (χ3n) is 4.97. The lowest BCUT2D eigenvalue weighted by Crippen LogP contribution is -2.23. The SMILES string of the molecule is Cc1nc2c(C(=O)Nc3ccc(C(F)(F)F)cc3)c[nH]n2c(=O)c1Cc1ccc(Cl)cc1. The van der Waals surface area contributed by atoms with Gasteiger partial charge in [-0.05, 0) is 48.9 Å². The Balaban J connectivity index is 1.62. The van der Waals surface area contributed by atoms with Gasteiger partial charge in [0.2, 0.25) is 0 Å². The average Bonchev–Trinajstić information content (AvgIpc) is 3.16. The highest BCUT2D eigenvalue weighted by Gasteiger charge is 2.30. The maximum Gasteiger partial charge on any atom is 0.416 e. The molecular weight excluding hydrogens is 445 g/mol. The number of amides is 1. The molecule has 0 aliphatic rings. The first kappa shape index (κ1) is 21.6. The van der Waals surface area contributed by atoms with Crippen molar-refractivity contribution in [2.75, 3.05) is 5.32 Å². The first-order chi connectivity index (χ1) is 15.1. The zero-order valence-electron chi connectivity index (χ0n) is 16.6. The smallest absolute Gasteiger partial charge is 0.322 e. The Hall–Kier alpha value is -3.59. The number of anilines is 1. The average molecular weight is 461 g/mol. The number of aromatic amines is 1. The summed E-state index contributed by atoms with van der Waals surface area (Å²) in [5.74, 6) is -0.611. The molecule has 2 N–H and O–H groups in total. The topological polar surface area (TPSA) is 79.3 Å². The van der Waals surface area contributed by atoms with E-state index in [0.29, 0.717) is 22.7 Å². The predicted molar refractivity (Wildman–Crippen MR) is 114 cm³/mol. The Morgan fingerprint density at radius 2 is 1.78 bits per heavy atom. The maximum atomic E-state index is 13.0. The summed E-state index contributed by atoms with van der Waals surface area (Å²) in [6, 6.07) is 11.2. The molecule has 0 spiro atoms. The highest BCUT2D eigenvalue weighted by atomic mass is 35.5. The van der Waals surface area contributed by atoms with Crippen LogP contribution in [0.2, 0.25) is 5.02 Å². The normalized spacial score (nSPS) is 11.7. The number of nitrogens with one attached hydrogen (secondary N) is 2. The molecule has 0 saturated heterocycles. The summed E-state index contributed by atoms with van der Waals surface area (Å²) < 4.78 is 39.3. The number of hydrogen-bond acceptors (Lipinski definition) is 3. The van der Waals surface area contributed by atoms with Gasteiger partial charge in [0, 0.05) is 34.6 Å². The van der Waals surface area contributed by atoms with Gasteiger partial charge in [-0.1, -0.05) is 23.7 Å². The van der Waals surface area contributed by atoms with Crippen molar-refractivity contribution in [2.24, 2.45) is 0 Å². The number of fused-ring (bicyclic) bond motifs is 1. The van der Waals surface area contributed by atoms with Gasteiger partial charge in [0.25, 0.3) is 11.5 Å². The standard InChI is InChI=1S/C22H16ClF3N4O2/c1-12-17(10-13-2-6-15(23)7-3-13)21(32)30-19(28-12)18(11-27-30)20(31)29-16-8-4-14(5-9-16)22(24,25)26/h2-9,11,27H,10H2,1H3,(H,29,31). The summed E-state index contributed by atoms with van der Waals surface area (Å²) in [6.45, 7) is 1.68. The maximum absolute atomic E-state index is 13.0. The lowest BCUT2D eigenvalue weighted by Gasteiger charge is -2.09. The number of aryl methyl sites for hydroxylation is 1. The largest absolute Gasteiger partial charge is 0.416 e. The molecule has 2 aromatic carbocycles. The van der Waals surface area contributed by atoms with Crippen molar-refractivity contribution in [3.05, 3.63) is 98.1 Å². The molecule has 0 saturated carbocycles. The van der Waals surface area contributed by atoms with Gasteiger partial charge in [0.1, 0.15) is 5.56 Å². The van der Waals surface area contributed by atoms with Gasteiger partial charge in [-0.2, -0.15) is 13.2 Å². The second kappa shape index (κ2) is 8.16. The molecule has 6 nitrogen and oxygen atoms in total. The van der Waals surface area contributed by atoms with Crippen molar-refractivity contribution < 1.29 is 18.0 Å². The number of aromatic nitrogens is 3. The fourth-order valence-corrected chi connectivity index (χ4v) is 3.40. The van der Waals surface area contributed by atoms with Crippen LogP contribution in [0.1, 0.15) is 32.7 Å². The predicted octanol–water partition coefficient (Wildman–Crippen LogP) is 4.85. The van der Waals surface area contributed by atoms with Crippen LogP contribution < -0.4 is 10.9 Å². The number of alkyl halides is 3. The monoisotopic (exact) mass is 460 g/mol. The summed E-state index contributed by atoms with van der Waals surface area (Å²) >= 11 is 5.90. The van der Waals surface area contributed by atoms with Gasteiger partial charge in [0.15, 0.2) is 5.65 Å². The van der Waals surface area contributed by atoms with Gasteiger partial charge >= 0.3 is 6.18 Å². The first-order valence-corrected chi connectivity index (χ1v) is 9.84. The molecule has 0 fully saturated rings. The lowest BCUT2D eigenvalue weighted by atomic mass is 10.1. The van der Waals surface area contributed by atoms with Gasteiger partial charge in [-0.3, -0.25) is 14.7 Å². The van der Waals surface area contributed by atoms with E-state index < -0.39 is 17.6 Å². The molecule has 0 aliphatic carbocycles. The van der Waals surface area contributed by atoms with Crippen LogP contribution in [0.15, 0.2) is 59.5 Å². The summed E-state index contributed by atoms with van der Waals surface area (Å²) in [5.41, 5.74) is 1.02. The van der Waals surface area contributed by atoms with E-state index in [1.165, 1.54) is 10.7 Å². The fraction of sp³-hybridized carbons (Fsp3) is 0.136. The van der Waals surface area contributed by atoms with Crippen molar-refractivity contribution >= 4 is 28.8 Å². The summed E-state index contributed by atoms with van der Waals surface area (Å²) in [4.78, 5) is 30.1. The van der Waals surface area contributed by atoms with Crippen molar-refractivity contribution in [1.29, 1.82) is 0 Å². The Kier molecular flexibility index (Phi) is 5.52. The highest BCUT2D eigenvalue weighted by molar-refractivity contribution is 6.30. The van der Waals surface area contributed by atoms with Crippen molar-refractivity contribution in [1.82, 2.24) is 14.6 Å². The molecular formula is C22H16ClF3N4O2. The van der Waals surface area contributed by atoms with Crippen LogP contribution in [0, 0.1) is 6.92 Å². The minimum atomic E-state index is -4.47. The number of hydrogen-bond donors (Lipinski definition) is 2. The summed E-state index contributed by atoms with van der Waals surface area (Å²) in [7, 11) is 0. The lowest BCUT2D eigenvalue weighted by molar-refractivity contribution is -0.137. The molecule has 32 heavy (non-hydrogen) atoms. The molecule has 10 heteroatoms. The molecule has 0 bridgehead atoms. The summed E-state index contributed by atoms with van der Waals surface area (Å²) in [6.07, 6.45) is -2.80. The molecule has 0 aliphatic heterocycles. The van der Waals surface area contributed by atoms with E-state index >= 15 is 0 Å². The van der Waals surface area contributed by atoms with Gasteiger partial charge in [0.05, 0.1) is 5.56 Å². The number of carbonyl (C=O) groups is 1. The zero-order valence-corrected chi connectivity index (χ0v) is 17.4. The highest BCUT2D eigenvalue weighted by Crippen LogP contribution is 2.30. The second-order valence-electron chi connectivity index (χ2n) is 7.16. The number of H-pyrrole nitrogens is 1. The third-order valence-corrected chi connectivity index (χ3v) is 5.22. The van der Waals surface area contributed by atoms with E-state index in [4.69, 9.17) is 11.6 Å². The van der Waals surface area contributed by atoms with E-state index in [-0.39, 0.29) is 22.5 Å². The molecule has 0 unspecified atom stereocenters. The van der Waals surface area contributed by atoms with Crippen LogP contribution in [0.5, 0.6) is 0 Å². The van der Waals surface area contributed by atoms with E-state index in [1.54, 1.807) is 19.1 Å². The zero-order chi connectivity index (χ0) is 23.0. The Morgan fingerprint density at radius 3 is 2.41 bits per heavy atom. The minimum absolute atomic E-state index is 0.0862. The van der Waals surface area contributed by atoms with Crippen LogP contribution in [0.4, 0.5) is 18.9 Å². The van der Waals surface area contributed by atoms with Crippen molar-refractivity contribution in [3.63, 3.8) is 0 Å². The summed E-state index contributed by atoms with van der Waals surface area (Å²) in [5, 5.41) is 5.83. The minimum Gasteiger partial charge on any atom is -0.322 e. The van der Waals surface area contributed by atoms with Gasteiger partial charge in [-0.25, -0.2) is 9.50 Å². The first-order valence-electron chi connectivity index (χ1n) is 9.46. The fourth-order valence-electron chi connectivity index (χ4n) is 3.27. The number of carbonyl (C=O) groups excluding carboxylic acids is 1. The van der Waals surface area contributed by atoms with Gasteiger partial charge < -0.3 is 5.32 Å². The quantitative estimate of drug-likeness (QED) is 0.457. The number of halogens is 4. The number of nitrogens with zero attached hydrogens (tertiary/aromatic N) is 2. The number of rotatable bonds is 4. The van der Waals surface area contributed by atoms with E-state index in [9.17, 15) is 22.8 Å². The molecule has 0 atom stereocenters. The molecule has 1 amide bonds. The Morgan fingerprint density at radius 1 is 1.12 bits per heavy atom. The third kappa shape index (κ3) is 4.24. The molecule has 164 valence electrons. The molecule has 0 radical (unpaired) electrons. The Labute approximate surface area is 184 Å².